The number of H-pyrrole nitrogens is 1. The van der Waals surface area contributed by atoms with Crippen molar-refractivity contribution in [1.82, 2.24) is 20.2 Å². The van der Waals surface area contributed by atoms with Crippen molar-refractivity contribution < 1.29 is 14.3 Å². The number of nitrogens with zero attached hydrogens (tertiary/aromatic N) is 2. The highest BCUT2D eigenvalue weighted by Gasteiger charge is 2.15. The maximum atomic E-state index is 11.9. The fraction of sp³-hybridized carbons (Fsp3) is 0.318. The van der Waals surface area contributed by atoms with E-state index in [1.165, 1.54) is 0 Å². The smallest absolute Gasteiger partial charge is 0.258 e. The van der Waals surface area contributed by atoms with Crippen LogP contribution in [0.25, 0.3) is 11.4 Å². The maximum absolute atomic E-state index is 11.9. The molecule has 1 amide bonds. The predicted octanol–water partition coefficient (Wildman–Crippen LogP) is 3.65. The zero-order valence-corrected chi connectivity index (χ0v) is 18.9. The van der Waals surface area contributed by atoms with Crippen LogP contribution < -0.4 is 20.2 Å². The quantitative estimate of drug-likeness (QED) is 0.462. The summed E-state index contributed by atoms with van der Waals surface area (Å²) in [5.74, 6) is 1.81. The molecular weight excluding hydrogens is 414 g/mol. The lowest BCUT2D eigenvalue weighted by Gasteiger charge is -2.20. The summed E-state index contributed by atoms with van der Waals surface area (Å²) in [7, 11) is 1.62. The Bertz CT molecular complexity index is 1080. The molecule has 0 unspecified atom stereocenters. The van der Waals surface area contributed by atoms with E-state index in [0.29, 0.717) is 28.6 Å². The Morgan fingerprint density at radius 3 is 2.55 bits per heavy atom. The first-order chi connectivity index (χ1) is 14.8. The minimum Gasteiger partial charge on any atom is -0.496 e. The number of rotatable bonds is 8. The lowest BCUT2D eigenvalue weighted by molar-refractivity contribution is -0.124. The van der Waals surface area contributed by atoms with Crippen LogP contribution in [0.2, 0.25) is 0 Å². The maximum Gasteiger partial charge on any atom is 0.258 e. The third kappa shape index (κ3) is 6.08. The Hall–Kier alpha value is -3.33. The summed E-state index contributed by atoms with van der Waals surface area (Å²) < 4.78 is 13.2. The number of nitrogens with one attached hydrogen (secondary N) is 3. The molecule has 0 spiro atoms. The highest BCUT2D eigenvalue weighted by Crippen LogP contribution is 2.27. The van der Waals surface area contributed by atoms with E-state index in [0.717, 1.165) is 11.1 Å². The Morgan fingerprint density at radius 1 is 1.16 bits per heavy atom. The summed E-state index contributed by atoms with van der Waals surface area (Å²) in [6, 6.07) is 15.1. The van der Waals surface area contributed by atoms with Crippen LogP contribution in [0.5, 0.6) is 11.5 Å². The van der Waals surface area contributed by atoms with Crippen LogP contribution in [0.4, 0.5) is 0 Å². The first-order valence-electron chi connectivity index (χ1n) is 9.84. The normalized spacial score (nSPS) is 11.1. The molecular formula is C22H27N5O3S. The number of carbonyl (C=O) groups excluding carboxylic acids is 1. The number of carbonyl (C=O) groups is 1. The average Bonchev–Trinajstić information content (AvgIpc) is 3.10. The van der Waals surface area contributed by atoms with Gasteiger partial charge in [-0.05, 0) is 62.8 Å². The summed E-state index contributed by atoms with van der Waals surface area (Å²) in [6.45, 7) is 6.27. The number of para-hydroxylation sites is 1. The van der Waals surface area contributed by atoms with E-state index in [1.54, 1.807) is 11.8 Å². The Morgan fingerprint density at radius 2 is 1.87 bits per heavy atom. The van der Waals surface area contributed by atoms with E-state index < -0.39 is 0 Å². The van der Waals surface area contributed by atoms with Gasteiger partial charge in [0, 0.05) is 5.54 Å². The monoisotopic (exact) mass is 441 g/mol. The summed E-state index contributed by atoms with van der Waals surface area (Å²) >= 11 is 5.37. The van der Waals surface area contributed by atoms with Crippen molar-refractivity contribution >= 4 is 18.1 Å². The zero-order valence-electron chi connectivity index (χ0n) is 18.1. The fourth-order valence-corrected chi connectivity index (χ4v) is 3.13. The van der Waals surface area contributed by atoms with Crippen LogP contribution in [-0.2, 0) is 11.3 Å². The lowest BCUT2D eigenvalue weighted by Crippen LogP contribution is -2.43. The van der Waals surface area contributed by atoms with Crippen LogP contribution in [0.1, 0.15) is 26.3 Å². The van der Waals surface area contributed by atoms with Gasteiger partial charge in [-0.1, -0.05) is 24.3 Å². The molecule has 1 heterocycles. The number of hydrogen-bond acceptors (Lipinski definition) is 6. The van der Waals surface area contributed by atoms with Crippen molar-refractivity contribution in [3.8, 4) is 22.9 Å². The van der Waals surface area contributed by atoms with Crippen molar-refractivity contribution in [2.75, 3.05) is 19.1 Å². The highest BCUT2D eigenvalue weighted by atomic mass is 32.1. The SMILES string of the molecule is COc1ccccc1-c1n[nH]c(=S)n1NCc1ccc(OCC(=O)NC(C)(C)C)cc1. The molecule has 0 aliphatic rings. The van der Waals surface area contributed by atoms with Crippen LogP contribution in [-0.4, -0.2) is 40.0 Å². The van der Waals surface area contributed by atoms with Crippen molar-refractivity contribution in [3.05, 3.63) is 58.9 Å². The van der Waals surface area contributed by atoms with Crippen molar-refractivity contribution in [1.29, 1.82) is 0 Å². The van der Waals surface area contributed by atoms with Crippen molar-refractivity contribution in [3.63, 3.8) is 0 Å². The summed E-state index contributed by atoms with van der Waals surface area (Å²) in [6.07, 6.45) is 0. The first kappa shape index (κ1) is 22.4. The Balaban J connectivity index is 1.63. The number of aromatic nitrogens is 3. The molecule has 0 aliphatic carbocycles. The zero-order chi connectivity index (χ0) is 22.4. The second-order valence-electron chi connectivity index (χ2n) is 7.95. The van der Waals surface area contributed by atoms with Gasteiger partial charge in [0.2, 0.25) is 4.77 Å². The van der Waals surface area contributed by atoms with E-state index in [2.05, 4.69) is 20.9 Å². The molecule has 1 aromatic heterocycles. The van der Waals surface area contributed by atoms with Crippen molar-refractivity contribution in [2.24, 2.45) is 0 Å². The molecule has 8 nitrogen and oxygen atoms in total. The molecule has 0 atom stereocenters. The lowest BCUT2D eigenvalue weighted by atomic mass is 10.1. The molecule has 2 aromatic carbocycles. The van der Waals surface area contributed by atoms with Gasteiger partial charge in [-0.25, -0.2) is 9.77 Å². The summed E-state index contributed by atoms with van der Waals surface area (Å²) in [4.78, 5) is 11.9. The van der Waals surface area contributed by atoms with Gasteiger partial charge in [0.25, 0.3) is 5.91 Å². The number of benzene rings is 2. The van der Waals surface area contributed by atoms with Crippen LogP contribution in [0.3, 0.4) is 0 Å². The number of hydrogen-bond donors (Lipinski definition) is 3. The molecule has 0 saturated carbocycles. The van der Waals surface area contributed by atoms with E-state index in [9.17, 15) is 4.79 Å². The molecule has 0 bridgehead atoms. The van der Waals surface area contributed by atoms with Gasteiger partial charge in [0.05, 0.1) is 19.2 Å². The minimum absolute atomic E-state index is 0.0265. The number of amides is 1. The number of methoxy groups -OCH3 is 1. The van der Waals surface area contributed by atoms with Crippen LogP contribution in [0.15, 0.2) is 48.5 Å². The van der Waals surface area contributed by atoms with Crippen LogP contribution >= 0.6 is 12.2 Å². The number of aromatic amines is 1. The molecule has 0 saturated heterocycles. The molecule has 3 aromatic rings. The van der Waals surface area contributed by atoms with Gasteiger partial charge >= 0.3 is 0 Å². The fourth-order valence-electron chi connectivity index (χ4n) is 2.93. The summed E-state index contributed by atoms with van der Waals surface area (Å²) in [5, 5.41) is 10.0. The largest absolute Gasteiger partial charge is 0.496 e. The third-order valence-electron chi connectivity index (χ3n) is 4.27. The van der Waals surface area contributed by atoms with E-state index in [1.807, 2.05) is 69.3 Å². The standard InChI is InChI=1S/C22H27N5O3S/c1-22(2,3)24-19(28)14-30-16-11-9-15(10-12-16)13-23-27-20(25-26-21(27)31)17-7-5-6-8-18(17)29-4/h5-12,23H,13-14H2,1-4H3,(H,24,28)(H,26,31). The van der Waals surface area contributed by atoms with E-state index in [4.69, 9.17) is 21.7 Å². The molecule has 0 radical (unpaired) electrons. The average molecular weight is 442 g/mol. The minimum atomic E-state index is -0.285. The van der Waals surface area contributed by atoms with Crippen molar-refractivity contribution in [2.45, 2.75) is 32.9 Å². The van der Waals surface area contributed by atoms with E-state index >= 15 is 0 Å². The van der Waals surface area contributed by atoms with Gasteiger partial charge < -0.3 is 20.2 Å². The van der Waals surface area contributed by atoms with Gasteiger partial charge in [0.1, 0.15) is 11.5 Å². The van der Waals surface area contributed by atoms with Gasteiger partial charge in [0.15, 0.2) is 12.4 Å². The first-order valence-corrected chi connectivity index (χ1v) is 10.2. The molecule has 3 rings (SSSR count). The molecule has 9 heteroatoms. The second-order valence-corrected chi connectivity index (χ2v) is 8.34. The second kappa shape index (κ2) is 9.65. The highest BCUT2D eigenvalue weighted by molar-refractivity contribution is 7.71. The van der Waals surface area contributed by atoms with Gasteiger partial charge in [-0.15, -0.1) is 0 Å². The molecule has 31 heavy (non-hydrogen) atoms. The third-order valence-corrected chi connectivity index (χ3v) is 4.54. The predicted molar refractivity (Wildman–Crippen MR) is 122 cm³/mol. The van der Waals surface area contributed by atoms with E-state index in [-0.39, 0.29) is 18.1 Å². The molecule has 0 fully saturated rings. The topological polar surface area (TPSA) is 93.2 Å². The van der Waals surface area contributed by atoms with Crippen LogP contribution in [0, 0.1) is 4.77 Å². The van der Waals surface area contributed by atoms with Gasteiger partial charge in [-0.3, -0.25) is 4.79 Å². The Labute approximate surface area is 186 Å². The summed E-state index contributed by atoms with van der Waals surface area (Å²) in [5.41, 5.74) is 4.83. The Kier molecular flexibility index (Phi) is 6.96. The molecule has 3 N–H and O–H groups in total. The number of ether oxygens (including phenoxy) is 2. The van der Waals surface area contributed by atoms with Gasteiger partial charge in [-0.2, -0.15) is 5.10 Å². The molecule has 164 valence electrons. The molecule has 0 aliphatic heterocycles.